The number of carboxylic acid groups (broad SMARTS) is 1. The molecule has 1 unspecified atom stereocenters. The second-order valence-electron chi connectivity index (χ2n) is 11.9. The van der Waals surface area contributed by atoms with Crippen LogP contribution in [0.4, 0.5) is 26.6 Å². The largest absolute Gasteiger partial charge is 0.497 e. The molecule has 1 amide bonds. The van der Waals surface area contributed by atoms with Gasteiger partial charge < -0.3 is 29.5 Å². The number of piperidine rings is 1. The Morgan fingerprint density at radius 3 is 2.59 bits per heavy atom. The standard InChI is InChI=1S/C38H44FN5O5/c1-5-11-27-13-9-12-26(2)35(27)36(30-25-29(47-3)15-17-32(30)48-4)44(38(45)46)34-18-19-40-37(42-34)41-28-14-16-33(31(39)24-28)49-23-10-22-43-20-7-6-8-21-43/h5,9,12-19,24-25,36H,1,6-8,10-11,20-23H2,2-4H3,(H,45,46)(H,40,41,42). The van der Waals surface area contributed by atoms with Gasteiger partial charge in [0.25, 0.3) is 0 Å². The van der Waals surface area contributed by atoms with Crippen molar-refractivity contribution in [3.8, 4) is 17.2 Å². The SMILES string of the molecule is C=CCc1cccc(C)c1C(c1cc(OC)ccc1OC)N(C(=O)O)c1ccnc(Nc2ccc(OCCCN3CCCCC3)c(F)c2)n1. The fraction of sp³-hybridized carbons (Fsp3) is 0.342. The Hall–Kier alpha value is -5.16. The number of hydrogen-bond acceptors (Lipinski definition) is 8. The van der Waals surface area contributed by atoms with Crippen LogP contribution in [0.2, 0.25) is 0 Å². The number of amides is 1. The van der Waals surface area contributed by atoms with Crippen LogP contribution < -0.4 is 24.4 Å². The first-order valence-electron chi connectivity index (χ1n) is 16.5. The molecule has 0 aliphatic carbocycles. The molecular formula is C38H44FN5O5. The molecule has 49 heavy (non-hydrogen) atoms. The molecule has 0 radical (unpaired) electrons. The molecular weight excluding hydrogens is 625 g/mol. The van der Waals surface area contributed by atoms with Crippen LogP contribution in [0.15, 0.2) is 79.5 Å². The van der Waals surface area contributed by atoms with Crippen molar-refractivity contribution in [1.82, 2.24) is 14.9 Å². The quantitative estimate of drug-likeness (QED) is 0.0963. The first-order chi connectivity index (χ1) is 23.8. The smallest absolute Gasteiger partial charge is 0.413 e. The number of aromatic nitrogens is 2. The van der Waals surface area contributed by atoms with Crippen LogP contribution in [0.3, 0.4) is 0 Å². The van der Waals surface area contributed by atoms with Crippen LogP contribution in [-0.4, -0.2) is 66.5 Å². The average molecular weight is 670 g/mol. The number of hydrogen-bond donors (Lipinski definition) is 2. The maximum absolute atomic E-state index is 15.1. The van der Waals surface area contributed by atoms with Gasteiger partial charge in [0.1, 0.15) is 17.3 Å². The van der Waals surface area contributed by atoms with Gasteiger partial charge in [-0.25, -0.2) is 19.1 Å². The van der Waals surface area contributed by atoms with Crippen molar-refractivity contribution >= 4 is 23.5 Å². The zero-order chi connectivity index (χ0) is 34.8. The zero-order valence-corrected chi connectivity index (χ0v) is 28.3. The highest BCUT2D eigenvalue weighted by Crippen LogP contribution is 2.42. The van der Waals surface area contributed by atoms with Crippen LogP contribution >= 0.6 is 0 Å². The number of benzene rings is 3. The van der Waals surface area contributed by atoms with Crippen LogP contribution in [0.1, 0.15) is 54.0 Å². The second kappa shape index (κ2) is 16.8. The Balaban J connectivity index is 1.44. The molecule has 1 aliphatic heterocycles. The van der Waals surface area contributed by atoms with Crippen molar-refractivity contribution in [3.63, 3.8) is 0 Å². The Labute approximate surface area is 287 Å². The van der Waals surface area contributed by atoms with E-state index < -0.39 is 18.0 Å². The number of ether oxygens (including phenoxy) is 3. The summed E-state index contributed by atoms with van der Waals surface area (Å²) in [7, 11) is 3.08. The lowest BCUT2D eigenvalue weighted by Gasteiger charge is -2.33. The minimum atomic E-state index is -1.25. The molecule has 11 heteroatoms. The van der Waals surface area contributed by atoms with Gasteiger partial charge in [-0.05, 0) is 98.8 Å². The number of likely N-dealkylation sites (tertiary alicyclic amines) is 1. The van der Waals surface area contributed by atoms with Gasteiger partial charge >= 0.3 is 6.09 Å². The summed E-state index contributed by atoms with van der Waals surface area (Å²) >= 11 is 0. The Morgan fingerprint density at radius 1 is 1.08 bits per heavy atom. The molecule has 0 saturated carbocycles. The maximum atomic E-state index is 15.1. The van der Waals surface area contributed by atoms with Crippen LogP contribution in [0.25, 0.3) is 0 Å². The zero-order valence-electron chi connectivity index (χ0n) is 28.3. The number of allylic oxidation sites excluding steroid dienone is 1. The fourth-order valence-corrected chi connectivity index (χ4v) is 6.31. The molecule has 0 spiro atoms. The number of anilines is 3. The van der Waals surface area contributed by atoms with E-state index in [1.807, 2.05) is 25.1 Å². The van der Waals surface area contributed by atoms with Gasteiger partial charge in [0.2, 0.25) is 5.95 Å². The second-order valence-corrected chi connectivity index (χ2v) is 11.9. The molecule has 1 aromatic heterocycles. The lowest BCUT2D eigenvalue weighted by atomic mass is 9.88. The van der Waals surface area contributed by atoms with Gasteiger partial charge in [-0.1, -0.05) is 30.7 Å². The van der Waals surface area contributed by atoms with Crippen molar-refractivity contribution in [2.24, 2.45) is 0 Å². The van der Waals surface area contributed by atoms with E-state index in [1.165, 1.54) is 49.6 Å². The maximum Gasteiger partial charge on any atom is 0.413 e. The lowest BCUT2D eigenvalue weighted by Crippen LogP contribution is -2.36. The normalized spacial score (nSPS) is 13.7. The van der Waals surface area contributed by atoms with E-state index in [1.54, 1.807) is 43.5 Å². The lowest BCUT2D eigenvalue weighted by molar-refractivity contribution is 0.199. The van der Waals surface area contributed by atoms with Gasteiger partial charge in [0.05, 0.1) is 26.9 Å². The Bertz CT molecular complexity index is 1750. The Kier molecular flexibility index (Phi) is 12.0. The molecule has 0 bridgehead atoms. The van der Waals surface area contributed by atoms with E-state index in [9.17, 15) is 9.90 Å². The van der Waals surface area contributed by atoms with E-state index in [0.29, 0.717) is 35.8 Å². The number of aryl methyl sites for hydroxylation is 1. The van der Waals surface area contributed by atoms with Crippen molar-refractivity contribution < 1.29 is 28.5 Å². The van der Waals surface area contributed by atoms with Gasteiger partial charge in [-0.15, -0.1) is 6.58 Å². The topological polar surface area (TPSA) is 109 Å². The number of nitrogens with one attached hydrogen (secondary N) is 1. The summed E-state index contributed by atoms with van der Waals surface area (Å²) in [5.41, 5.74) is 3.48. The first-order valence-corrected chi connectivity index (χ1v) is 16.5. The molecule has 4 aromatic rings. The summed E-state index contributed by atoms with van der Waals surface area (Å²) in [5.74, 6) is 0.839. The summed E-state index contributed by atoms with van der Waals surface area (Å²) in [6.07, 6.45) is 7.06. The number of rotatable bonds is 15. The van der Waals surface area contributed by atoms with Gasteiger partial charge in [-0.2, -0.15) is 4.98 Å². The predicted octanol–water partition coefficient (Wildman–Crippen LogP) is 7.94. The van der Waals surface area contributed by atoms with E-state index in [-0.39, 0.29) is 17.5 Å². The van der Waals surface area contributed by atoms with E-state index in [0.717, 1.165) is 42.7 Å². The average Bonchev–Trinajstić information content (AvgIpc) is 3.10. The number of halogens is 1. The molecule has 258 valence electrons. The van der Waals surface area contributed by atoms with E-state index in [2.05, 4.69) is 26.8 Å². The molecule has 10 nitrogen and oxygen atoms in total. The van der Waals surface area contributed by atoms with Crippen molar-refractivity contribution in [3.05, 3.63) is 108 Å². The van der Waals surface area contributed by atoms with Crippen molar-refractivity contribution in [2.75, 3.05) is 50.7 Å². The molecule has 1 aliphatic rings. The Morgan fingerprint density at radius 2 is 1.88 bits per heavy atom. The van der Waals surface area contributed by atoms with E-state index in [4.69, 9.17) is 14.2 Å². The molecule has 2 heterocycles. The number of methoxy groups -OCH3 is 2. The highest BCUT2D eigenvalue weighted by atomic mass is 19.1. The molecule has 3 aromatic carbocycles. The van der Waals surface area contributed by atoms with E-state index >= 15 is 4.39 Å². The minimum Gasteiger partial charge on any atom is -0.497 e. The summed E-state index contributed by atoms with van der Waals surface area (Å²) in [6.45, 7) is 9.44. The summed E-state index contributed by atoms with van der Waals surface area (Å²) in [4.78, 5) is 25.8. The molecule has 1 saturated heterocycles. The summed E-state index contributed by atoms with van der Waals surface area (Å²) in [6, 6.07) is 16.3. The molecule has 1 fully saturated rings. The third kappa shape index (κ3) is 8.66. The summed E-state index contributed by atoms with van der Waals surface area (Å²) < 4.78 is 32.1. The van der Waals surface area contributed by atoms with Crippen LogP contribution in [0, 0.1) is 12.7 Å². The monoisotopic (exact) mass is 669 g/mol. The molecule has 2 N–H and O–H groups in total. The fourth-order valence-electron chi connectivity index (χ4n) is 6.31. The van der Waals surface area contributed by atoms with Gasteiger partial charge in [0, 0.05) is 30.1 Å². The first kappa shape index (κ1) is 35.2. The van der Waals surface area contributed by atoms with Crippen molar-refractivity contribution in [1.29, 1.82) is 0 Å². The highest BCUT2D eigenvalue weighted by Gasteiger charge is 2.34. The van der Waals surface area contributed by atoms with Gasteiger partial charge in [-0.3, -0.25) is 0 Å². The third-order valence-corrected chi connectivity index (χ3v) is 8.65. The number of carbonyl (C=O) groups is 1. The van der Waals surface area contributed by atoms with Crippen LogP contribution in [-0.2, 0) is 6.42 Å². The number of nitrogens with zero attached hydrogens (tertiary/aromatic N) is 4. The highest BCUT2D eigenvalue weighted by molar-refractivity contribution is 5.87. The van der Waals surface area contributed by atoms with Gasteiger partial charge in [0.15, 0.2) is 11.6 Å². The third-order valence-electron chi connectivity index (χ3n) is 8.65. The summed E-state index contributed by atoms with van der Waals surface area (Å²) in [5, 5.41) is 13.8. The van der Waals surface area contributed by atoms with Crippen LogP contribution in [0.5, 0.6) is 17.2 Å². The minimum absolute atomic E-state index is 0.0887. The van der Waals surface area contributed by atoms with Crippen molar-refractivity contribution in [2.45, 2.75) is 45.1 Å². The predicted molar refractivity (Wildman–Crippen MR) is 189 cm³/mol. The molecule has 5 rings (SSSR count). The molecule has 1 atom stereocenters.